The molecule has 6 nitrogen and oxygen atoms in total. The van der Waals surface area contributed by atoms with Crippen molar-refractivity contribution in [3.8, 4) is 17.3 Å². The van der Waals surface area contributed by atoms with Crippen LogP contribution in [-0.4, -0.2) is 20.3 Å². The maximum Gasteiger partial charge on any atom is 0.264 e. The molecule has 2 rings (SSSR count). The van der Waals surface area contributed by atoms with Crippen LogP contribution >= 0.6 is 0 Å². The standard InChI is InChI=1S/C9H9N3O3/c1-2-8-11-12-9(15-8)5-3-6(13)7(14)4-10-5/h3-4,14H,2H2,1H3,(H,10,13). The molecule has 0 saturated heterocycles. The maximum absolute atomic E-state index is 11.1. The van der Waals surface area contributed by atoms with Gasteiger partial charge in [-0.05, 0) is 0 Å². The highest BCUT2D eigenvalue weighted by molar-refractivity contribution is 5.46. The largest absolute Gasteiger partial charge is 0.503 e. The lowest BCUT2D eigenvalue weighted by Gasteiger charge is -1.94. The highest BCUT2D eigenvalue weighted by Gasteiger charge is 2.09. The Balaban J connectivity index is 2.45. The van der Waals surface area contributed by atoms with Gasteiger partial charge in [-0.3, -0.25) is 4.79 Å². The summed E-state index contributed by atoms with van der Waals surface area (Å²) in [5, 5.41) is 16.6. The van der Waals surface area contributed by atoms with Crippen LogP contribution in [0.2, 0.25) is 0 Å². The highest BCUT2D eigenvalue weighted by Crippen LogP contribution is 2.14. The summed E-state index contributed by atoms with van der Waals surface area (Å²) >= 11 is 0. The number of nitrogens with one attached hydrogen (secondary N) is 1. The highest BCUT2D eigenvalue weighted by atomic mass is 16.4. The zero-order chi connectivity index (χ0) is 10.8. The Hall–Kier alpha value is -2.11. The van der Waals surface area contributed by atoms with Crippen LogP contribution in [0, 0.1) is 0 Å². The number of hydrogen-bond donors (Lipinski definition) is 2. The zero-order valence-electron chi connectivity index (χ0n) is 8.02. The molecule has 0 radical (unpaired) electrons. The molecule has 0 atom stereocenters. The lowest BCUT2D eigenvalue weighted by atomic mass is 10.3. The van der Waals surface area contributed by atoms with Crippen molar-refractivity contribution in [1.82, 2.24) is 15.2 Å². The van der Waals surface area contributed by atoms with Crippen molar-refractivity contribution in [2.45, 2.75) is 13.3 Å². The van der Waals surface area contributed by atoms with Gasteiger partial charge in [0, 0.05) is 18.7 Å². The van der Waals surface area contributed by atoms with Crippen LogP contribution in [0.1, 0.15) is 12.8 Å². The van der Waals surface area contributed by atoms with E-state index in [0.29, 0.717) is 18.0 Å². The molecule has 0 aromatic carbocycles. The minimum Gasteiger partial charge on any atom is -0.503 e. The van der Waals surface area contributed by atoms with Gasteiger partial charge in [0.05, 0.1) is 0 Å². The smallest absolute Gasteiger partial charge is 0.264 e. The van der Waals surface area contributed by atoms with Gasteiger partial charge >= 0.3 is 0 Å². The molecule has 2 aromatic heterocycles. The third-order valence-electron chi connectivity index (χ3n) is 1.89. The summed E-state index contributed by atoms with van der Waals surface area (Å²) in [6.45, 7) is 1.89. The van der Waals surface area contributed by atoms with E-state index < -0.39 is 5.43 Å². The molecule has 2 heterocycles. The molecule has 0 aliphatic heterocycles. The molecule has 0 spiro atoms. The van der Waals surface area contributed by atoms with Gasteiger partial charge in [-0.2, -0.15) is 0 Å². The Bertz CT molecular complexity index is 529. The molecule has 0 bridgehead atoms. The topological polar surface area (TPSA) is 92.0 Å². The second-order valence-corrected chi connectivity index (χ2v) is 2.95. The van der Waals surface area contributed by atoms with Crippen LogP contribution in [0.3, 0.4) is 0 Å². The van der Waals surface area contributed by atoms with Gasteiger partial charge in [-0.15, -0.1) is 10.2 Å². The lowest BCUT2D eigenvalue weighted by Crippen LogP contribution is -2.00. The van der Waals surface area contributed by atoms with E-state index in [9.17, 15) is 4.79 Å². The number of aromatic amines is 1. The molecule has 0 saturated carbocycles. The number of aromatic hydroxyl groups is 1. The molecule has 0 aliphatic carbocycles. The van der Waals surface area contributed by atoms with Crippen LogP contribution in [0.25, 0.3) is 11.6 Å². The summed E-state index contributed by atoms with van der Waals surface area (Å²) in [6, 6.07) is 1.21. The quantitative estimate of drug-likeness (QED) is 0.755. The van der Waals surface area contributed by atoms with Crippen LogP contribution in [-0.2, 0) is 6.42 Å². The number of pyridine rings is 1. The van der Waals surface area contributed by atoms with Crippen LogP contribution in [0.5, 0.6) is 5.75 Å². The fourth-order valence-corrected chi connectivity index (χ4v) is 1.09. The van der Waals surface area contributed by atoms with Gasteiger partial charge in [0.1, 0.15) is 5.69 Å². The molecular formula is C9H9N3O3. The van der Waals surface area contributed by atoms with Gasteiger partial charge < -0.3 is 14.5 Å². The van der Waals surface area contributed by atoms with Gasteiger partial charge in [0.2, 0.25) is 11.3 Å². The van der Waals surface area contributed by atoms with E-state index in [1.807, 2.05) is 6.92 Å². The molecule has 2 N–H and O–H groups in total. The first-order chi connectivity index (χ1) is 7.20. The Labute approximate surface area is 84.6 Å². The normalized spacial score (nSPS) is 10.5. The van der Waals surface area contributed by atoms with Crippen molar-refractivity contribution in [3.05, 3.63) is 28.4 Å². The average molecular weight is 207 g/mol. The second kappa shape index (κ2) is 3.56. The first kappa shape index (κ1) is 9.45. The third-order valence-corrected chi connectivity index (χ3v) is 1.89. The van der Waals surface area contributed by atoms with E-state index in [4.69, 9.17) is 9.52 Å². The van der Waals surface area contributed by atoms with E-state index in [1.54, 1.807) is 0 Å². The van der Waals surface area contributed by atoms with E-state index in [2.05, 4.69) is 15.2 Å². The monoisotopic (exact) mass is 207 g/mol. The summed E-state index contributed by atoms with van der Waals surface area (Å²) in [5.41, 5.74) is -0.0926. The minimum absolute atomic E-state index is 0.240. The molecule has 0 amide bonds. The number of nitrogens with zero attached hydrogens (tertiary/aromatic N) is 2. The summed E-state index contributed by atoms with van der Waals surface area (Å²) in [6.07, 6.45) is 1.82. The van der Waals surface area contributed by atoms with Crippen molar-refractivity contribution < 1.29 is 9.52 Å². The SMILES string of the molecule is CCc1nnc(-c2cc(=O)c(O)c[nH]2)o1. The molecule has 15 heavy (non-hydrogen) atoms. The van der Waals surface area contributed by atoms with Crippen LogP contribution in [0.4, 0.5) is 0 Å². The van der Waals surface area contributed by atoms with E-state index in [0.717, 1.165) is 0 Å². The van der Waals surface area contributed by atoms with Crippen LogP contribution in [0.15, 0.2) is 21.5 Å². The number of aryl methyl sites for hydroxylation is 1. The molecule has 0 unspecified atom stereocenters. The fraction of sp³-hybridized carbons (Fsp3) is 0.222. The van der Waals surface area contributed by atoms with Gasteiger partial charge in [-0.25, -0.2) is 0 Å². The Morgan fingerprint density at radius 3 is 2.93 bits per heavy atom. The zero-order valence-corrected chi connectivity index (χ0v) is 8.02. The van der Waals surface area contributed by atoms with Crippen molar-refractivity contribution in [3.63, 3.8) is 0 Å². The molecule has 78 valence electrons. The van der Waals surface area contributed by atoms with Gasteiger partial charge in [-0.1, -0.05) is 6.92 Å². The van der Waals surface area contributed by atoms with Crippen LogP contribution < -0.4 is 5.43 Å². The molecule has 0 fully saturated rings. The second-order valence-electron chi connectivity index (χ2n) is 2.95. The van der Waals surface area contributed by atoms with Crippen molar-refractivity contribution in [2.24, 2.45) is 0 Å². The summed E-state index contributed by atoms with van der Waals surface area (Å²) < 4.78 is 5.24. The fourth-order valence-electron chi connectivity index (χ4n) is 1.09. The van der Waals surface area contributed by atoms with E-state index in [1.165, 1.54) is 12.3 Å². The van der Waals surface area contributed by atoms with E-state index in [-0.39, 0.29) is 11.6 Å². The Morgan fingerprint density at radius 1 is 1.53 bits per heavy atom. The molecule has 6 heteroatoms. The summed E-state index contributed by atoms with van der Waals surface area (Å²) in [5.74, 6) is 0.400. The Morgan fingerprint density at radius 2 is 2.33 bits per heavy atom. The van der Waals surface area contributed by atoms with E-state index >= 15 is 0 Å². The van der Waals surface area contributed by atoms with Gasteiger partial charge in [0.25, 0.3) is 5.89 Å². The third kappa shape index (κ3) is 1.74. The predicted molar refractivity (Wildman–Crippen MR) is 51.4 cm³/mol. The lowest BCUT2D eigenvalue weighted by molar-refractivity contribution is 0.467. The number of H-pyrrole nitrogens is 1. The predicted octanol–water partition coefficient (Wildman–Crippen LogP) is 0.693. The average Bonchev–Trinajstić information content (AvgIpc) is 2.70. The number of hydrogen-bond acceptors (Lipinski definition) is 5. The maximum atomic E-state index is 11.1. The van der Waals surface area contributed by atoms with Crippen molar-refractivity contribution in [2.75, 3.05) is 0 Å². The van der Waals surface area contributed by atoms with Crippen molar-refractivity contribution in [1.29, 1.82) is 0 Å². The first-order valence-electron chi connectivity index (χ1n) is 4.45. The van der Waals surface area contributed by atoms with Crippen molar-refractivity contribution >= 4 is 0 Å². The Kier molecular flexibility index (Phi) is 2.24. The molecule has 0 aliphatic rings. The summed E-state index contributed by atoms with van der Waals surface area (Å²) in [7, 11) is 0. The summed E-state index contributed by atoms with van der Waals surface area (Å²) in [4.78, 5) is 13.8. The first-order valence-corrected chi connectivity index (χ1v) is 4.45. The number of rotatable bonds is 2. The molecular weight excluding hydrogens is 198 g/mol. The van der Waals surface area contributed by atoms with Gasteiger partial charge in [0.15, 0.2) is 5.75 Å². The molecule has 2 aromatic rings. The minimum atomic E-state index is -0.486. The number of aromatic nitrogens is 3.